The molecule has 19 heavy (non-hydrogen) atoms. The van der Waals surface area contributed by atoms with Crippen molar-refractivity contribution in [3.8, 4) is 0 Å². The number of rotatable bonds is 4. The van der Waals surface area contributed by atoms with Gasteiger partial charge in [-0.3, -0.25) is 4.90 Å². The van der Waals surface area contributed by atoms with Crippen molar-refractivity contribution in [3.63, 3.8) is 0 Å². The lowest BCUT2D eigenvalue weighted by molar-refractivity contribution is 0.126. The van der Waals surface area contributed by atoms with Crippen molar-refractivity contribution in [1.82, 2.24) is 20.4 Å². The molecule has 3 rings (SSSR count). The van der Waals surface area contributed by atoms with Crippen LogP contribution in [0.15, 0.2) is 4.52 Å². The van der Waals surface area contributed by atoms with E-state index in [1.165, 1.54) is 25.8 Å². The molecule has 1 aromatic rings. The minimum atomic E-state index is 0.353. The molecule has 0 radical (unpaired) electrons. The number of nitrogens with one attached hydrogen (secondary N) is 1. The van der Waals surface area contributed by atoms with Crippen molar-refractivity contribution in [2.24, 2.45) is 0 Å². The van der Waals surface area contributed by atoms with Crippen molar-refractivity contribution in [2.45, 2.75) is 43.5 Å². The fourth-order valence-electron chi connectivity index (χ4n) is 3.22. The number of piperidine rings is 1. The summed E-state index contributed by atoms with van der Waals surface area (Å²) in [5.74, 6) is 2.50. The quantitative estimate of drug-likeness (QED) is 0.909. The van der Waals surface area contributed by atoms with Gasteiger partial charge in [-0.25, -0.2) is 0 Å². The van der Waals surface area contributed by atoms with Crippen LogP contribution in [0.4, 0.5) is 0 Å². The molecule has 0 spiro atoms. The average Bonchev–Trinajstić information content (AvgIpc) is 3.08. The second-order valence-electron chi connectivity index (χ2n) is 5.36. The van der Waals surface area contributed by atoms with Crippen molar-refractivity contribution < 1.29 is 4.52 Å². The van der Waals surface area contributed by atoms with Gasteiger partial charge in [-0.05, 0) is 51.6 Å². The zero-order chi connectivity index (χ0) is 13.1. The zero-order valence-electron chi connectivity index (χ0n) is 11.5. The molecule has 2 aliphatic heterocycles. The van der Waals surface area contributed by atoms with Gasteiger partial charge in [0.05, 0.1) is 11.8 Å². The van der Waals surface area contributed by atoms with Crippen molar-refractivity contribution >= 4 is 11.8 Å². The third-order valence-electron chi connectivity index (χ3n) is 4.11. The Morgan fingerprint density at radius 1 is 1.37 bits per heavy atom. The Hall–Kier alpha value is -0.590. The molecule has 1 N–H and O–H groups in total. The van der Waals surface area contributed by atoms with Gasteiger partial charge in [0, 0.05) is 6.04 Å². The largest absolute Gasteiger partial charge is 0.338 e. The van der Waals surface area contributed by atoms with E-state index < -0.39 is 0 Å². The van der Waals surface area contributed by atoms with Gasteiger partial charge in [0.15, 0.2) is 5.82 Å². The van der Waals surface area contributed by atoms with E-state index in [4.69, 9.17) is 4.52 Å². The number of thioether (sulfide) groups is 1. The molecule has 1 atom stereocenters. The lowest BCUT2D eigenvalue weighted by Crippen LogP contribution is -2.42. The van der Waals surface area contributed by atoms with Crippen LogP contribution in [0, 0.1) is 0 Å². The zero-order valence-corrected chi connectivity index (χ0v) is 12.3. The van der Waals surface area contributed by atoms with E-state index in [-0.39, 0.29) is 0 Å². The van der Waals surface area contributed by atoms with E-state index >= 15 is 0 Å². The summed E-state index contributed by atoms with van der Waals surface area (Å²) in [6, 6.07) is 1.04. The van der Waals surface area contributed by atoms with E-state index in [0.29, 0.717) is 12.1 Å². The molecule has 2 saturated heterocycles. The second-order valence-corrected chi connectivity index (χ2v) is 6.22. The smallest absolute Gasteiger partial charge is 0.244 e. The van der Waals surface area contributed by atoms with E-state index in [2.05, 4.69) is 26.6 Å². The molecule has 0 aromatic carbocycles. The van der Waals surface area contributed by atoms with E-state index in [0.717, 1.165) is 37.0 Å². The highest BCUT2D eigenvalue weighted by Crippen LogP contribution is 2.34. The first-order valence-electron chi connectivity index (χ1n) is 7.16. The first-order chi connectivity index (χ1) is 9.38. The predicted octanol–water partition coefficient (Wildman–Crippen LogP) is 1.82. The maximum Gasteiger partial charge on any atom is 0.244 e. The summed E-state index contributed by atoms with van der Waals surface area (Å²) in [6.45, 7) is 3.44. The molecular formula is C13H22N4OS. The number of likely N-dealkylation sites (tertiary alicyclic amines) is 1. The summed E-state index contributed by atoms with van der Waals surface area (Å²) in [7, 11) is 0. The van der Waals surface area contributed by atoms with Crippen LogP contribution in [-0.2, 0) is 5.75 Å². The van der Waals surface area contributed by atoms with Crippen molar-refractivity contribution in [3.05, 3.63) is 11.7 Å². The first kappa shape index (κ1) is 13.4. The van der Waals surface area contributed by atoms with Gasteiger partial charge in [0.1, 0.15) is 0 Å². The van der Waals surface area contributed by atoms with Crippen LogP contribution in [0.5, 0.6) is 0 Å². The topological polar surface area (TPSA) is 54.2 Å². The maximum absolute atomic E-state index is 5.49. The van der Waals surface area contributed by atoms with E-state index in [1.807, 2.05) is 0 Å². The summed E-state index contributed by atoms with van der Waals surface area (Å²) in [4.78, 5) is 7.17. The fraction of sp³-hybridized carbons (Fsp3) is 0.846. The summed E-state index contributed by atoms with van der Waals surface area (Å²) in [6.07, 6.45) is 6.94. The molecule has 0 amide bonds. The van der Waals surface area contributed by atoms with Crippen LogP contribution < -0.4 is 5.32 Å². The monoisotopic (exact) mass is 282 g/mol. The van der Waals surface area contributed by atoms with Gasteiger partial charge in [0.25, 0.3) is 0 Å². The Kier molecular flexibility index (Phi) is 4.40. The van der Waals surface area contributed by atoms with Gasteiger partial charge in [0.2, 0.25) is 5.89 Å². The van der Waals surface area contributed by atoms with Crippen molar-refractivity contribution in [1.29, 1.82) is 0 Å². The number of aromatic nitrogens is 2. The standard InChI is InChI=1S/C13H22N4OS/c1-19-9-12-15-13(18-16-12)11-3-2-8-17(11)10-4-6-14-7-5-10/h10-11,14H,2-9H2,1H3. The van der Waals surface area contributed by atoms with Gasteiger partial charge < -0.3 is 9.84 Å². The normalized spacial score (nSPS) is 26.1. The molecule has 106 valence electrons. The molecule has 1 aromatic heterocycles. The Labute approximate surface area is 118 Å². The molecule has 2 aliphatic rings. The minimum Gasteiger partial charge on any atom is -0.338 e. The molecule has 0 bridgehead atoms. The van der Waals surface area contributed by atoms with Crippen LogP contribution in [0.25, 0.3) is 0 Å². The van der Waals surface area contributed by atoms with Crippen LogP contribution in [-0.4, -0.2) is 47.0 Å². The van der Waals surface area contributed by atoms with Gasteiger partial charge >= 0.3 is 0 Å². The highest BCUT2D eigenvalue weighted by molar-refractivity contribution is 7.97. The Bertz CT molecular complexity index is 405. The molecule has 0 aliphatic carbocycles. The number of hydrogen-bond acceptors (Lipinski definition) is 6. The first-order valence-corrected chi connectivity index (χ1v) is 8.55. The third kappa shape index (κ3) is 2.95. The Morgan fingerprint density at radius 3 is 3.00 bits per heavy atom. The van der Waals surface area contributed by atoms with E-state index in [1.54, 1.807) is 11.8 Å². The lowest BCUT2D eigenvalue weighted by atomic mass is 10.0. The number of nitrogens with zero attached hydrogens (tertiary/aromatic N) is 3. The van der Waals surface area contributed by atoms with Crippen LogP contribution in [0.3, 0.4) is 0 Å². The summed E-state index contributed by atoms with van der Waals surface area (Å²) >= 11 is 1.73. The third-order valence-corrected chi connectivity index (χ3v) is 4.66. The maximum atomic E-state index is 5.49. The predicted molar refractivity (Wildman–Crippen MR) is 76.1 cm³/mol. The SMILES string of the molecule is CSCc1noc(C2CCCN2C2CCNCC2)n1. The van der Waals surface area contributed by atoms with Gasteiger partial charge in [-0.1, -0.05) is 5.16 Å². The number of hydrogen-bond donors (Lipinski definition) is 1. The molecular weight excluding hydrogens is 260 g/mol. The summed E-state index contributed by atoms with van der Waals surface area (Å²) in [5.41, 5.74) is 0. The molecule has 3 heterocycles. The molecule has 1 unspecified atom stereocenters. The molecule has 2 fully saturated rings. The lowest BCUT2D eigenvalue weighted by Gasteiger charge is -2.34. The Balaban J connectivity index is 1.70. The highest BCUT2D eigenvalue weighted by Gasteiger charge is 2.35. The van der Waals surface area contributed by atoms with Gasteiger partial charge in [-0.2, -0.15) is 16.7 Å². The average molecular weight is 282 g/mol. The van der Waals surface area contributed by atoms with Crippen LogP contribution >= 0.6 is 11.8 Å². The van der Waals surface area contributed by atoms with Crippen LogP contribution in [0.2, 0.25) is 0 Å². The summed E-state index contributed by atoms with van der Waals surface area (Å²) < 4.78 is 5.49. The Morgan fingerprint density at radius 2 is 2.21 bits per heavy atom. The van der Waals surface area contributed by atoms with E-state index in [9.17, 15) is 0 Å². The fourth-order valence-corrected chi connectivity index (χ4v) is 3.60. The van der Waals surface area contributed by atoms with Crippen molar-refractivity contribution in [2.75, 3.05) is 25.9 Å². The minimum absolute atomic E-state index is 0.353. The summed E-state index contributed by atoms with van der Waals surface area (Å²) in [5, 5.41) is 7.52. The second kappa shape index (κ2) is 6.24. The molecule has 5 nitrogen and oxygen atoms in total. The molecule has 0 saturated carbocycles. The molecule has 6 heteroatoms. The highest BCUT2D eigenvalue weighted by atomic mass is 32.2. The van der Waals surface area contributed by atoms with Crippen LogP contribution in [0.1, 0.15) is 43.4 Å². The van der Waals surface area contributed by atoms with Gasteiger partial charge in [-0.15, -0.1) is 0 Å².